The van der Waals surface area contributed by atoms with E-state index in [1.54, 1.807) is 12.1 Å². The predicted octanol–water partition coefficient (Wildman–Crippen LogP) is 4.04. The largest absolute Gasteiger partial charge is 0.461 e. The van der Waals surface area contributed by atoms with Gasteiger partial charge in [0.2, 0.25) is 5.78 Å². The lowest BCUT2D eigenvalue weighted by Gasteiger charge is -2.06. The van der Waals surface area contributed by atoms with Gasteiger partial charge < -0.3 is 4.42 Å². The molecule has 0 amide bonds. The highest BCUT2D eigenvalue weighted by molar-refractivity contribution is 5.94. The third kappa shape index (κ3) is 2.55. The Hall–Kier alpha value is -3.14. The van der Waals surface area contributed by atoms with Gasteiger partial charge >= 0.3 is 0 Å². The molecule has 4 heteroatoms. The van der Waals surface area contributed by atoms with Crippen molar-refractivity contribution in [3.8, 4) is 5.69 Å². The Kier molecular flexibility index (Phi) is 3.27. The fourth-order valence-corrected chi connectivity index (χ4v) is 2.65. The van der Waals surface area contributed by atoms with Crippen LogP contribution in [0, 0.1) is 0 Å². The van der Waals surface area contributed by atoms with Crippen LogP contribution in [0.15, 0.2) is 77.7 Å². The second kappa shape index (κ2) is 5.57. The van der Waals surface area contributed by atoms with Crippen molar-refractivity contribution in [2.45, 2.75) is 6.42 Å². The Labute approximate surface area is 133 Å². The highest BCUT2D eigenvalue weighted by Crippen LogP contribution is 2.18. The van der Waals surface area contributed by atoms with Crippen LogP contribution in [-0.2, 0) is 6.42 Å². The summed E-state index contributed by atoms with van der Waals surface area (Å²) in [6.07, 6.45) is 3.66. The van der Waals surface area contributed by atoms with E-state index in [0.717, 1.165) is 22.3 Å². The number of hydrogen-bond acceptors (Lipinski definition) is 3. The maximum absolute atomic E-state index is 12.1. The summed E-state index contributed by atoms with van der Waals surface area (Å²) in [5.41, 5.74) is 4.00. The number of ketones is 1. The van der Waals surface area contributed by atoms with E-state index in [1.165, 1.54) is 6.26 Å². The van der Waals surface area contributed by atoms with E-state index < -0.39 is 0 Å². The van der Waals surface area contributed by atoms with Crippen LogP contribution in [0.2, 0.25) is 0 Å². The summed E-state index contributed by atoms with van der Waals surface area (Å²) in [6.45, 7) is 0. The molecule has 0 fully saturated rings. The lowest BCUT2D eigenvalue weighted by molar-refractivity contribution is 0.0966. The fraction of sp³-hybridized carbons (Fsp3) is 0.0526. The van der Waals surface area contributed by atoms with Crippen molar-refractivity contribution in [1.29, 1.82) is 0 Å². The second-order valence-corrected chi connectivity index (χ2v) is 5.35. The van der Waals surface area contributed by atoms with E-state index in [2.05, 4.69) is 4.98 Å². The number of carbonyl (C=O) groups is 1. The number of nitrogens with zero attached hydrogens (tertiary/aromatic N) is 2. The first kappa shape index (κ1) is 13.5. The van der Waals surface area contributed by atoms with Crippen LogP contribution in [0.1, 0.15) is 16.1 Å². The van der Waals surface area contributed by atoms with Crippen molar-refractivity contribution in [1.82, 2.24) is 9.55 Å². The maximum Gasteiger partial charge on any atom is 0.202 e. The van der Waals surface area contributed by atoms with Crippen LogP contribution in [0.3, 0.4) is 0 Å². The Balaban J connectivity index is 1.60. The molecule has 0 unspecified atom stereocenters. The zero-order chi connectivity index (χ0) is 15.6. The molecule has 0 saturated heterocycles. The van der Waals surface area contributed by atoms with Crippen molar-refractivity contribution in [2.75, 3.05) is 0 Å². The highest BCUT2D eigenvalue weighted by atomic mass is 16.3. The van der Waals surface area contributed by atoms with Gasteiger partial charge in [-0.3, -0.25) is 9.36 Å². The number of Topliss-reactive ketones (excluding diaryl/α,β-unsaturated/α-hetero) is 1. The minimum atomic E-state index is -0.0177. The third-order valence-corrected chi connectivity index (χ3v) is 3.83. The molecule has 0 spiro atoms. The molecule has 0 atom stereocenters. The standard InChI is InChI=1S/C19H14N2O2/c22-18(19-6-3-11-23-19)12-14-7-9-15(10-8-14)21-13-20-16-4-1-2-5-17(16)21/h1-11,13H,12H2. The molecular weight excluding hydrogens is 288 g/mol. The van der Waals surface area contributed by atoms with Crippen molar-refractivity contribution >= 4 is 16.8 Å². The molecule has 112 valence electrons. The van der Waals surface area contributed by atoms with E-state index in [4.69, 9.17) is 4.42 Å². The Morgan fingerprint density at radius 3 is 2.61 bits per heavy atom. The van der Waals surface area contributed by atoms with Gasteiger partial charge in [0.1, 0.15) is 6.33 Å². The summed E-state index contributed by atoms with van der Waals surface area (Å²) in [6, 6.07) is 19.3. The number of benzene rings is 2. The van der Waals surface area contributed by atoms with Gasteiger partial charge in [-0.15, -0.1) is 0 Å². The molecule has 0 bridgehead atoms. The van der Waals surface area contributed by atoms with Gasteiger partial charge in [-0.05, 0) is 42.0 Å². The van der Waals surface area contributed by atoms with Gasteiger partial charge in [-0.2, -0.15) is 0 Å². The van der Waals surface area contributed by atoms with Crippen molar-refractivity contribution < 1.29 is 9.21 Å². The lowest BCUT2D eigenvalue weighted by Crippen LogP contribution is -2.02. The summed E-state index contributed by atoms with van der Waals surface area (Å²) >= 11 is 0. The molecular formula is C19H14N2O2. The maximum atomic E-state index is 12.1. The first-order chi connectivity index (χ1) is 11.3. The molecule has 2 aromatic carbocycles. The molecule has 0 aliphatic rings. The molecule has 0 radical (unpaired) electrons. The number of fused-ring (bicyclic) bond motifs is 1. The van der Waals surface area contributed by atoms with Crippen LogP contribution in [0.25, 0.3) is 16.7 Å². The molecule has 0 saturated carbocycles. The van der Waals surface area contributed by atoms with Gasteiger partial charge in [0.15, 0.2) is 5.76 Å². The number of rotatable bonds is 4. The summed E-state index contributed by atoms with van der Waals surface area (Å²) in [4.78, 5) is 16.5. The minimum Gasteiger partial charge on any atom is -0.461 e. The van der Waals surface area contributed by atoms with Crippen LogP contribution >= 0.6 is 0 Å². The summed E-state index contributed by atoms with van der Waals surface area (Å²) in [5.74, 6) is 0.380. The van der Waals surface area contributed by atoms with E-state index in [1.807, 2.05) is 59.4 Å². The molecule has 2 heterocycles. The number of para-hydroxylation sites is 2. The van der Waals surface area contributed by atoms with Gasteiger partial charge in [0.05, 0.1) is 17.3 Å². The van der Waals surface area contributed by atoms with E-state index in [0.29, 0.717) is 12.2 Å². The predicted molar refractivity (Wildman–Crippen MR) is 87.8 cm³/mol. The number of hydrogen-bond donors (Lipinski definition) is 0. The van der Waals surface area contributed by atoms with E-state index in [-0.39, 0.29) is 5.78 Å². The third-order valence-electron chi connectivity index (χ3n) is 3.83. The second-order valence-electron chi connectivity index (χ2n) is 5.35. The average molecular weight is 302 g/mol. The molecule has 4 aromatic rings. The van der Waals surface area contributed by atoms with Crippen LogP contribution < -0.4 is 0 Å². The van der Waals surface area contributed by atoms with Crippen molar-refractivity contribution in [3.05, 3.63) is 84.6 Å². The zero-order valence-corrected chi connectivity index (χ0v) is 12.3. The van der Waals surface area contributed by atoms with Gasteiger partial charge in [-0.1, -0.05) is 24.3 Å². The molecule has 4 rings (SSSR count). The molecule has 23 heavy (non-hydrogen) atoms. The van der Waals surface area contributed by atoms with Crippen LogP contribution in [0.5, 0.6) is 0 Å². The minimum absolute atomic E-state index is 0.0177. The SMILES string of the molecule is O=C(Cc1ccc(-n2cnc3ccccc32)cc1)c1ccco1. The quantitative estimate of drug-likeness (QED) is 0.534. The molecule has 0 N–H and O–H groups in total. The van der Waals surface area contributed by atoms with Gasteiger partial charge in [0.25, 0.3) is 0 Å². The van der Waals surface area contributed by atoms with Crippen molar-refractivity contribution in [3.63, 3.8) is 0 Å². The number of carbonyl (C=O) groups excluding carboxylic acids is 1. The van der Waals surface area contributed by atoms with Crippen molar-refractivity contribution in [2.24, 2.45) is 0 Å². The monoisotopic (exact) mass is 302 g/mol. The molecule has 2 aromatic heterocycles. The average Bonchev–Trinajstić information content (AvgIpc) is 3.25. The first-order valence-corrected chi connectivity index (χ1v) is 7.39. The summed E-state index contributed by atoms with van der Waals surface area (Å²) < 4.78 is 7.17. The number of furan rings is 1. The number of aromatic nitrogens is 2. The summed E-state index contributed by atoms with van der Waals surface area (Å²) in [7, 11) is 0. The Morgan fingerprint density at radius 2 is 1.83 bits per heavy atom. The van der Waals surface area contributed by atoms with E-state index >= 15 is 0 Å². The smallest absolute Gasteiger partial charge is 0.202 e. The van der Waals surface area contributed by atoms with Crippen LogP contribution in [0.4, 0.5) is 0 Å². The Morgan fingerprint density at radius 1 is 1.00 bits per heavy atom. The fourth-order valence-electron chi connectivity index (χ4n) is 2.65. The normalized spacial score (nSPS) is 11.0. The molecule has 0 aliphatic carbocycles. The molecule has 4 nitrogen and oxygen atoms in total. The van der Waals surface area contributed by atoms with Gasteiger partial charge in [0, 0.05) is 12.1 Å². The highest BCUT2D eigenvalue weighted by Gasteiger charge is 2.10. The lowest BCUT2D eigenvalue weighted by atomic mass is 10.1. The van der Waals surface area contributed by atoms with Crippen LogP contribution in [-0.4, -0.2) is 15.3 Å². The number of imidazole rings is 1. The van der Waals surface area contributed by atoms with E-state index in [9.17, 15) is 4.79 Å². The first-order valence-electron chi connectivity index (χ1n) is 7.39. The molecule has 0 aliphatic heterocycles. The van der Waals surface area contributed by atoms with Gasteiger partial charge in [-0.25, -0.2) is 4.98 Å². The summed E-state index contributed by atoms with van der Waals surface area (Å²) in [5, 5.41) is 0. The Bertz CT molecular complexity index is 951. The zero-order valence-electron chi connectivity index (χ0n) is 12.3. The topological polar surface area (TPSA) is 48.0 Å².